The Labute approximate surface area is 114 Å². The summed E-state index contributed by atoms with van der Waals surface area (Å²) in [7, 11) is -0.398. The molecule has 0 spiro atoms. The Morgan fingerprint density at radius 1 is 1.53 bits per heavy atom. The monoisotopic (exact) mass is 290 g/mol. The number of hydrogen-bond donors (Lipinski definition) is 1. The summed E-state index contributed by atoms with van der Waals surface area (Å²) in [5, 5.41) is 7.21. The van der Waals surface area contributed by atoms with Gasteiger partial charge in [-0.2, -0.15) is 9.40 Å². The standard InChI is InChI=1S/C11H22N4O3S/c1-4-12-5-6-15-10-11(9-13-15)19(16,17)14(2)7-8-18-3/h9-10,12H,4-8H2,1-3H3. The van der Waals surface area contributed by atoms with Crippen molar-refractivity contribution in [2.45, 2.75) is 18.4 Å². The first-order chi connectivity index (χ1) is 9.02. The minimum absolute atomic E-state index is 0.211. The zero-order chi connectivity index (χ0) is 14.3. The van der Waals surface area contributed by atoms with E-state index in [4.69, 9.17) is 4.74 Å². The van der Waals surface area contributed by atoms with Crippen LogP contribution < -0.4 is 5.32 Å². The van der Waals surface area contributed by atoms with Crippen molar-refractivity contribution in [1.29, 1.82) is 0 Å². The van der Waals surface area contributed by atoms with Crippen molar-refractivity contribution in [3.8, 4) is 0 Å². The number of sulfonamides is 1. The molecule has 0 saturated heterocycles. The third kappa shape index (κ3) is 4.57. The Hall–Kier alpha value is -0.960. The van der Waals surface area contributed by atoms with Gasteiger partial charge in [0.05, 0.1) is 19.3 Å². The maximum absolute atomic E-state index is 12.2. The van der Waals surface area contributed by atoms with E-state index in [-0.39, 0.29) is 4.90 Å². The van der Waals surface area contributed by atoms with Crippen LogP contribution in [0.2, 0.25) is 0 Å². The number of hydrogen-bond acceptors (Lipinski definition) is 5. The Morgan fingerprint density at radius 2 is 2.26 bits per heavy atom. The molecule has 8 heteroatoms. The summed E-state index contributed by atoms with van der Waals surface area (Å²) in [4.78, 5) is 0.211. The number of ether oxygens (including phenoxy) is 1. The van der Waals surface area contributed by atoms with Gasteiger partial charge < -0.3 is 10.1 Å². The summed E-state index contributed by atoms with van der Waals surface area (Å²) >= 11 is 0. The minimum atomic E-state index is -3.47. The van der Waals surface area contributed by atoms with Gasteiger partial charge in [-0.3, -0.25) is 4.68 Å². The van der Waals surface area contributed by atoms with Gasteiger partial charge in [0.2, 0.25) is 10.0 Å². The van der Waals surface area contributed by atoms with Crippen molar-refractivity contribution in [1.82, 2.24) is 19.4 Å². The molecule has 0 amide bonds. The van der Waals surface area contributed by atoms with Gasteiger partial charge in [-0.1, -0.05) is 6.92 Å². The number of methoxy groups -OCH3 is 1. The topological polar surface area (TPSA) is 76.5 Å². The minimum Gasteiger partial charge on any atom is -0.383 e. The van der Waals surface area contributed by atoms with Gasteiger partial charge in [0, 0.05) is 33.4 Å². The van der Waals surface area contributed by atoms with Gasteiger partial charge in [0.1, 0.15) is 4.90 Å². The van der Waals surface area contributed by atoms with Crippen LogP contribution in [0.5, 0.6) is 0 Å². The predicted molar refractivity (Wildman–Crippen MR) is 72.5 cm³/mol. The van der Waals surface area contributed by atoms with E-state index in [1.807, 2.05) is 6.92 Å². The molecule has 0 unspecified atom stereocenters. The summed E-state index contributed by atoms with van der Waals surface area (Å²) in [5.41, 5.74) is 0. The van der Waals surface area contributed by atoms with Crippen LogP contribution in [0.1, 0.15) is 6.92 Å². The summed E-state index contributed by atoms with van der Waals surface area (Å²) in [5.74, 6) is 0. The Morgan fingerprint density at radius 3 is 2.89 bits per heavy atom. The lowest BCUT2D eigenvalue weighted by molar-refractivity contribution is 0.185. The molecule has 0 atom stereocenters. The zero-order valence-electron chi connectivity index (χ0n) is 11.7. The first-order valence-corrected chi connectivity index (χ1v) is 7.64. The fourth-order valence-electron chi connectivity index (χ4n) is 1.49. The molecule has 0 bridgehead atoms. The van der Waals surface area contributed by atoms with E-state index in [0.717, 1.165) is 13.1 Å². The van der Waals surface area contributed by atoms with Crippen LogP contribution in [0, 0.1) is 0 Å². The molecule has 1 N–H and O–H groups in total. The van der Waals surface area contributed by atoms with Crippen LogP contribution in [0.4, 0.5) is 0 Å². The number of rotatable bonds is 9. The average Bonchev–Trinajstić information content (AvgIpc) is 2.85. The highest BCUT2D eigenvalue weighted by Crippen LogP contribution is 2.12. The summed E-state index contributed by atoms with van der Waals surface area (Å²) in [6, 6.07) is 0. The molecule has 19 heavy (non-hydrogen) atoms. The lowest BCUT2D eigenvalue weighted by Gasteiger charge is -2.15. The summed E-state index contributed by atoms with van der Waals surface area (Å²) in [6.45, 7) is 4.99. The lowest BCUT2D eigenvalue weighted by atomic mass is 10.6. The van der Waals surface area contributed by atoms with Crippen molar-refractivity contribution >= 4 is 10.0 Å². The van der Waals surface area contributed by atoms with E-state index in [0.29, 0.717) is 19.7 Å². The second-order valence-corrected chi connectivity index (χ2v) is 6.16. The normalized spacial score (nSPS) is 12.2. The Balaban J connectivity index is 2.68. The van der Waals surface area contributed by atoms with E-state index in [1.54, 1.807) is 18.0 Å². The van der Waals surface area contributed by atoms with Crippen molar-refractivity contribution < 1.29 is 13.2 Å². The van der Waals surface area contributed by atoms with Crippen LogP contribution in [0.3, 0.4) is 0 Å². The van der Waals surface area contributed by atoms with Gasteiger partial charge >= 0.3 is 0 Å². The first kappa shape index (κ1) is 16.1. The molecule has 0 aliphatic carbocycles. The first-order valence-electron chi connectivity index (χ1n) is 6.20. The molecular formula is C11H22N4O3S. The molecular weight excluding hydrogens is 268 g/mol. The molecule has 0 aliphatic rings. The number of nitrogens with one attached hydrogen (secondary N) is 1. The second-order valence-electron chi connectivity index (χ2n) is 4.11. The van der Waals surface area contributed by atoms with Gasteiger partial charge in [-0.05, 0) is 6.54 Å². The lowest BCUT2D eigenvalue weighted by Crippen LogP contribution is -2.29. The molecule has 1 aromatic heterocycles. The molecule has 1 aromatic rings. The molecule has 1 heterocycles. The third-order valence-corrected chi connectivity index (χ3v) is 4.51. The quantitative estimate of drug-likeness (QED) is 0.635. The summed E-state index contributed by atoms with van der Waals surface area (Å²) < 4.78 is 32.1. The highest BCUT2D eigenvalue weighted by molar-refractivity contribution is 7.89. The second kappa shape index (κ2) is 7.59. The van der Waals surface area contributed by atoms with Crippen molar-refractivity contribution in [3.63, 3.8) is 0 Å². The fourth-order valence-corrected chi connectivity index (χ4v) is 2.60. The number of likely N-dealkylation sites (N-methyl/N-ethyl adjacent to an activating group) is 2. The van der Waals surface area contributed by atoms with Gasteiger partial charge in [0.15, 0.2) is 0 Å². The molecule has 0 aliphatic heterocycles. The Bertz CT molecular complexity index is 472. The predicted octanol–water partition coefficient (Wildman–Crippen LogP) is -0.240. The zero-order valence-corrected chi connectivity index (χ0v) is 12.5. The van der Waals surface area contributed by atoms with E-state index < -0.39 is 10.0 Å². The third-order valence-electron chi connectivity index (χ3n) is 2.70. The van der Waals surface area contributed by atoms with E-state index in [2.05, 4.69) is 10.4 Å². The van der Waals surface area contributed by atoms with E-state index >= 15 is 0 Å². The highest BCUT2D eigenvalue weighted by atomic mass is 32.2. The fraction of sp³-hybridized carbons (Fsp3) is 0.727. The molecule has 1 rings (SSSR count). The van der Waals surface area contributed by atoms with Crippen LogP contribution in [0.25, 0.3) is 0 Å². The van der Waals surface area contributed by atoms with Gasteiger partial charge in [0.25, 0.3) is 0 Å². The SMILES string of the molecule is CCNCCn1cc(S(=O)(=O)N(C)CCOC)cn1. The molecule has 0 aromatic carbocycles. The number of aromatic nitrogens is 2. The summed E-state index contributed by atoms with van der Waals surface area (Å²) in [6.07, 6.45) is 2.93. The number of nitrogens with zero attached hydrogens (tertiary/aromatic N) is 3. The van der Waals surface area contributed by atoms with E-state index in [1.165, 1.54) is 17.5 Å². The molecule has 0 fully saturated rings. The van der Waals surface area contributed by atoms with Crippen LogP contribution in [0.15, 0.2) is 17.3 Å². The smallest absolute Gasteiger partial charge is 0.246 e. The maximum Gasteiger partial charge on any atom is 0.246 e. The van der Waals surface area contributed by atoms with Crippen molar-refractivity contribution in [2.24, 2.45) is 0 Å². The van der Waals surface area contributed by atoms with Crippen LogP contribution >= 0.6 is 0 Å². The largest absolute Gasteiger partial charge is 0.383 e. The average molecular weight is 290 g/mol. The van der Waals surface area contributed by atoms with Gasteiger partial charge in [-0.25, -0.2) is 8.42 Å². The van der Waals surface area contributed by atoms with Crippen molar-refractivity contribution in [3.05, 3.63) is 12.4 Å². The molecule has 0 radical (unpaired) electrons. The van der Waals surface area contributed by atoms with Crippen LogP contribution in [-0.2, 0) is 21.3 Å². The Kier molecular flexibility index (Phi) is 6.43. The van der Waals surface area contributed by atoms with Gasteiger partial charge in [-0.15, -0.1) is 0 Å². The molecule has 110 valence electrons. The van der Waals surface area contributed by atoms with Crippen LogP contribution in [-0.4, -0.2) is 62.9 Å². The molecule has 7 nitrogen and oxygen atoms in total. The highest BCUT2D eigenvalue weighted by Gasteiger charge is 2.22. The van der Waals surface area contributed by atoms with Crippen molar-refractivity contribution in [2.75, 3.05) is 40.4 Å². The maximum atomic E-state index is 12.2. The molecule has 0 saturated carbocycles. The van der Waals surface area contributed by atoms with E-state index in [9.17, 15) is 8.42 Å².